The fraction of sp³-hybridized carbons (Fsp3) is 0.619. The molecule has 3 rings (SSSR count). The molecule has 2 saturated heterocycles. The van der Waals surface area contributed by atoms with Gasteiger partial charge in [-0.05, 0) is 50.0 Å². The van der Waals surface area contributed by atoms with Crippen LogP contribution >= 0.6 is 0 Å². The van der Waals surface area contributed by atoms with E-state index in [0.29, 0.717) is 12.3 Å². The average Bonchev–Trinajstić information content (AvgIpc) is 2.89. The minimum Gasteiger partial charge on any atom is -0.343 e. The van der Waals surface area contributed by atoms with Crippen LogP contribution in [0.4, 0.5) is 0 Å². The molecule has 25 heavy (non-hydrogen) atoms. The summed E-state index contributed by atoms with van der Waals surface area (Å²) in [6, 6.07) is 10.8. The summed E-state index contributed by atoms with van der Waals surface area (Å²) in [6.07, 6.45) is 6.89. The van der Waals surface area contributed by atoms with Crippen molar-refractivity contribution < 1.29 is 9.59 Å². The Labute approximate surface area is 151 Å². The van der Waals surface area contributed by atoms with Crippen molar-refractivity contribution >= 4 is 11.8 Å². The number of hydrogen-bond acceptors (Lipinski definition) is 2. The molecule has 0 unspecified atom stereocenters. The largest absolute Gasteiger partial charge is 0.343 e. The monoisotopic (exact) mass is 342 g/mol. The van der Waals surface area contributed by atoms with Gasteiger partial charge >= 0.3 is 0 Å². The first-order chi connectivity index (χ1) is 12.1. The molecule has 0 N–H and O–H groups in total. The van der Waals surface area contributed by atoms with Crippen LogP contribution in [0.3, 0.4) is 0 Å². The second kappa shape index (κ2) is 8.50. The van der Waals surface area contributed by atoms with Gasteiger partial charge in [-0.25, -0.2) is 0 Å². The summed E-state index contributed by atoms with van der Waals surface area (Å²) < 4.78 is 0. The van der Waals surface area contributed by atoms with Crippen molar-refractivity contribution in [2.45, 2.75) is 63.8 Å². The van der Waals surface area contributed by atoms with Crippen molar-refractivity contribution in [2.75, 3.05) is 19.6 Å². The van der Waals surface area contributed by atoms with Gasteiger partial charge in [-0.3, -0.25) is 9.59 Å². The third-order valence-corrected chi connectivity index (χ3v) is 5.79. The minimum atomic E-state index is 0.104. The summed E-state index contributed by atoms with van der Waals surface area (Å²) in [6.45, 7) is 4.13. The number of benzene rings is 1. The lowest BCUT2D eigenvalue weighted by atomic mass is 9.92. The molecule has 1 aromatic carbocycles. The first-order valence-electron chi connectivity index (χ1n) is 9.75. The lowest BCUT2D eigenvalue weighted by Crippen LogP contribution is -2.46. The van der Waals surface area contributed by atoms with Crippen LogP contribution in [-0.4, -0.2) is 47.3 Å². The SMILES string of the molecule is CC(=O)N1CCCC[C@@H]1CC(=O)N1CCC[C@@H](c2ccccc2)CC1. The number of rotatable bonds is 3. The normalized spacial score (nSPS) is 24.7. The van der Waals surface area contributed by atoms with Gasteiger partial charge in [-0.1, -0.05) is 30.3 Å². The Morgan fingerprint density at radius 1 is 0.960 bits per heavy atom. The predicted octanol–water partition coefficient (Wildman–Crippen LogP) is 3.57. The molecule has 2 fully saturated rings. The van der Waals surface area contributed by atoms with E-state index in [2.05, 4.69) is 30.3 Å². The number of amides is 2. The molecule has 0 bridgehead atoms. The molecule has 136 valence electrons. The molecule has 2 amide bonds. The van der Waals surface area contributed by atoms with Gasteiger partial charge in [0.2, 0.25) is 11.8 Å². The molecular formula is C21H30N2O2. The van der Waals surface area contributed by atoms with Gasteiger partial charge in [0.25, 0.3) is 0 Å². The molecule has 2 aliphatic heterocycles. The van der Waals surface area contributed by atoms with Crippen molar-refractivity contribution in [1.29, 1.82) is 0 Å². The summed E-state index contributed by atoms with van der Waals surface area (Å²) in [7, 11) is 0. The molecule has 2 heterocycles. The standard InChI is InChI=1S/C21H30N2O2/c1-17(24)23-14-6-5-11-20(23)16-21(25)22-13-7-10-19(12-15-22)18-8-3-2-4-9-18/h2-4,8-9,19-20H,5-7,10-16H2,1H3/t19-,20-/m1/s1. The van der Waals surface area contributed by atoms with Crippen LogP contribution in [0.2, 0.25) is 0 Å². The highest BCUT2D eigenvalue weighted by Crippen LogP contribution is 2.28. The number of hydrogen-bond donors (Lipinski definition) is 0. The van der Waals surface area contributed by atoms with Crippen LogP contribution in [0.25, 0.3) is 0 Å². The zero-order valence-corrected chi connectivity index (χ0v) is 15.3. The zero-order chi connectivity index (χ0) is 17.6. The lowest BCUT2D eigenvalue weighted by Gasteiger charge is -2.36. The molecule has 0 aliphatic carbocycles. The van der Waals surface area contributed by atoms with E-state index >= 15 is 0 Å². The highest BCUT2D eigenvalue weighted by atomic mass is 16.2. The smallest absolute Gasteiger partial charge is 0.224 e. The van der Waals surface area contributed by atoms with Crippen LogP contribution in [0.15, 0.2) is 30.3 Å². The molecule has 4 heteroatoms. The van der Waals surface area contributed by atoms with Crippen LogP contribution in [-0.2, 0) is 9.59 Å². The van der Waals surface area contributed by atoms with E-state index in [1.807, 2.05) is 9.80 Å². The molecule has 2 atom stereocenters. The van der Waals surface area contributed by atoms with Crippen molar-refractivity contribution in [3.63, 3.8) is 0 Å². The van der Waals surface area contributed by atoms with Crippen LogP contribution < -0.4 is 0 Å². The summed E-state index contributed by atoms with van der Waals surface area (Å²) in [4.78, 5) is 28.6. The number of likely N-dealkylation sites (tertiary alicyclic amines) is 2. The topological polar surface area (TPSA) is 40.6 Å². The van der Waals surface area contributed by atoms with Crippen LogP contribution in [0.1, 0.15) is 63.4 Å². The second-order valence-electron chi connectivity index (χ2n) is 7.49. The van der Waals surface area contributed by atoms with Gasteiger partial charge in [-0.15, -0.1) is 0 Å². The molecule has 0 spiro atoms. The minimum absolute atomic E-state index is 0.104. The Morgan fingerprint density at radius 2 is 1.76 bits per heavy atom. The second-order valence-corrected chi connectivity index (χ2v) is 7.49. The fourth-order valence-corrected chi connectivity index (χ4v) is 4.36. The maximum atomic E-state index is 12.8. The summed E-state index contributed by atoms with van der Waals surface area (Å²) in [5, 5.41) is 0. The summed E-state index contributed by atoms with van der Waals surface area (Å²) in [5.41, 5.74) is 1.40. The quantitative estimate of drug-likeness (QED) is 0.842. The van der Waals surface area contributed by atoms with Gasteiger partial charge < -0.3 is 9.80 Å². The van der Waals surface area contributed by atoms with Crippen LogP contribution in [0.5, 0.6) is 0 Å². The van der Waals surface area contributed by atoms with Gasteiger partial charge in [0.15, 0.2) is 0 Å². The maximum absolute atomic E-state index is 12.8. The zero-order valence-electron chi connectivity index (χ0n) is 15.3. The van der Waals surface area contributed by atoms with E-state index in [1.165, 1.54) is 5.56 Å². The van der Waals surface area contributed by atoms with Crippen molar-refractivity contribution in [3.8, 4) is 0 Å². The first kappa shape index (κ1) is 18.0. The molecular weight excluding hydrogens is 312 g/mol. The Kier molecular flexibility index (Phi) is 6.11. The van der Waals surface area contributed by atoms with Gasteiger partial charge in [0.1, 0.15) is 0 Å². The van der Waals surface area contributed by atoms with Gasteiger partial charge in [-0.2, -0.15) is 0 Å². The lowest BCUT2D eigenvalue weighted by molar-refractivity contribution is -0.137. The van der Waals surface area contributed by atoms with E-state index in [-0.39, 0.29) is 17.9 Å². The third-order valence-electron chi connectivity index (χ3n) is 5.79. The molecule has 0 saturated carbocycles. The van der Waals surface area contributed by atoms with Crippen molar-refractivity contribution in [1.82, 2.24) is 9.80 Å². The molecule has 1 aromatic rings. The summed E-state index contributed by atoms with van der Waals surface area (Å²) in [5.74, 6) is 0.895. The molecule has 0 radical (unpaired) electrons. The highest BCUT2D eigenvalue weighted by Gasteiger charge is 2.29. The van der Waals surface area contributed by atoms with Gasteiger partial charge in [0, 0.05) is 39.0 Å². The Hall–Kier alpha value is -1.84. The molecule has 2 aliphatic rings. The Morgan fingerprint density at radius 3 is 2.52 bits per heavy atom. The average molecular weight is 342 g/mol. The number of nitrogens with zero attached hydrogens (tertiary/aromatic N) is 2. The van der Waals surface area contributed by atoms with E-state index in [9.17, 15) is 9.59 Å². The molecule has 4 nitrogen and oxygen atoms in total. The van der Waals surface area contributed by atoms with E-state index in [4.69, 9.17) is 0 Å². The number of carbonyl (C=O) groups is 2. The Balaban J connectivity index is 1.56. The Bertz CT molecular complexity index is 587. The number of piperidine rings is 1. The predicted molar refractivity (Wildman–Crippen MR) is 99.3 cm³/mol. The van der Waals surface area contributed by atoms with Crippen molar-refractivity contribution in [3.05, 3.63) is 35.9 Å². The highest BCUT2D eigenvalue weighted by molar-refractivity contribution is 5.79. The van der Waals surface area contributed by atoms with Crippen molar-refractivity contribution in [2.24, 2.45) is 0 Å². The van der Waals surface area contributed by atoms with Gasteiger partial charge in [0.05, 0.1) is 0 Å². The first-order valence-corrected chi connectivity index (χ1v) is 9.75. The van der Waals surface area contributed by atoms with E-state index in [0.717, 1.165) is 58.2 Å². The van der Waals surface area contributed by atoms with E-state index < -0.39 is 0 Å². The van der Waals surface area contributed by atoms with Crippen LogP contribution in [0, 0.1) is 0 Å². The number of carbonyl (C=O) groups excluding carboxylic acids is 2. The fourth-order valence-electron chi connectivity index (χ4n) is 4.36. The van der Waals surface area contributed by atoms with E-state index in [1.54, 1.807) is 6.92 Å². The maximum Gasteiger partial charge on any atom is 0.224 e. The molecule has 0 aromatic heterocycles. The summed E-state index contributed by atoms with van der Waals surface area (Å²) >= 11 is 0. The third kappa shape index (κ3) is 4.62.